The molecule has 0 spiro atoms. The lowest BCUT2D eigenvalue weighted by atomic mass is 9.86. The van der Waals surface area contributed by atoms with Gasteiger partial charge in [-0.25, -0.2) is 8.42 Å². The fourth-order valence-corrected chi connectivity index (χ4v) is 7.90. The Hall–Kier alpha value is -3.68. The van der Waals surface area contributed by atoms with Gasteiger partial charge < -0.3 is 5.32 Å². The van der Waals surface area contributed by atoms with E-state index in [1.54, 1.807) is 24.3 Å². The van der Waals surface area contributed by atoms with Gasteiger partial charge in [0.1, 0.15) is 0 Å². The molecule has 0 aromatic heterocycles. The van der Waals surface area contributed by atoms with Crippen LogP contribution in [0.5, 0.6) is 0 Å². The van der Waals surface area contributed by atoms with E-state index in [4.69, 9.17) is 0 Å². The standard InChI is InChI=1S/C35H39N3O3S/c39-35(36-34-15-9-12-30-24-27(16-19-33(30)34)26-37-21-7-2-8-22-37)20-23-38(31-13-3-1-4-14-31)42(40,41)32-18-17-28-10-5-6-11-29(28)25-32/h1,3-6,10-11,13-14,16-19,24-25,34H,2,7-9,12,15,20-23,26H2,(H,36,39)/t34-/m1/s1. The summed E-state index contributed by atoms with van der Waals surface area (Å²) in [6.45, 7) is 3.39. The topological polar surface area (TPSA) is 69.7 Å². The van der Waals surface area contributed by atoms with E-state index in [9.17, 15) is 13.2 Å². The first kappa shape index (κ1) is 28.4. The average Bonchev–Trinajstić information content (AvgIpc) is 3.02. The molecule has 4 aromatic rings. The Bertz CT molecular complexity index is 1650. The number of hydrogen-bond donors (Lipinski definition) is 1. The van der Waals surface area contributed by atoms with Crippen LogP contribution in [0.4, 0.5) is 5.69 Å². The van der Waals surface area contributed by atoms with Crippen LogP contribution in [0.2, 0.25) is 0 Å². The van der Waals surface area contributed by atoms with Crippen LogP contribution >= 0.6 is 0 Å². The van der Waals surface area contributed by atoms with E-state index in [0.29, 0.717) is 5.69 Å². The van der Waals surface area contributed by atoms with Gasteiger partial charge in [-0.05, 0) is 96.9 Å². The van der Waals surface area contributed by atoms with Crippen molar-refractivity contribution < 1.29 is 13.2 Å². The van der Waals surface area contributed by atoms with Gasteiger partial charge in [-0.15, -0.1) is 0 Å². The quantitative estimate of drug-likeness (QED) is 0.242. The highest BCUT2D eigenvalue weighted by Gasteiger charge is 2.27. The van der Waals surface area contributed by atoms with Gasteiger partial charge >= 0.3 is 0 Å². The molecule has 0 unspecified atom stereocenters. The Balaban J connectivity index is 1.16. The fraction of sp³-hybridized carbons (Fsp3) is 0.343. The number of amides is 1. The van der Waals surface area contributed by atoms with E-state index in [1.165, 1.54) is 53.3 Å². The minimum atomic E-state index is -3.89. The smallest absolute Gasteiger partial charge is 0.264 e. The summed E-state index contributed by atoms with van der Waals surface area (Å²) in [6.07, 6.45) is 6.91. The lowest BCUT2D eigenvalue weighted by Gasteiger charge is -2.29. The summed E-state index contributed by atoms with van der Waals surface area (Å²) in [4.78, 5) is 16.0. The maximum absolute atomic E-state index is 13.9. The van der Waals surface area contributed by atoms with E-state index >= 15 is 0 Å². The molecule has 1 aliphatic heterocycles. The molecule has 42 heavy (non-hydrogen) atoms. The number of para-hydroxylation sites is 1. The van der Waals surface area contributed by atoms with Gasteiger partial charge in [0.15, 0.2) is 0 Å². The molecule has 1 N–H and O–H groups in total. The summed E-state index contributed by atoms with van der Waals surface area (Å²) in [7, 11) is -3.89. The third kappa shape index (κ3) is 6.37. The van der Waals surface area contributed by atoms with Crippen LogP contribution in [-0.2, 0) is 27.8 Å². The molecule has 6 nitrogen and oxygen atoms in total. The molecular formula is C35H39N3O3S. The second-order valence-corrected chi connectivity index (χ2v) is 13.4. The van der Waals surface area contributed by atoms with Crippen LogP contribution < -0.4 is 9.62 Å². The van der Waals surface area contributed by atoms with Crippen LogP contribution in [-0.4, -0.2) is 38.9 Å². The zero-order valence-electron chi connectivity index (χ0n) is 24.0. The molecular weight excluding hydrogens is 542 g/mol. The monoisotopic (exact) mass is 581 g/mol. The number of hydrogen-bond acceptors (Lipinski definition) is 4. The largest absolute Gasteiger partial charge is 0.349 e. The van der Waals surface area contributed by atoms with Crippen molar-refractivity contribution in [2.45, 2.75) is 62.4 Å². The fourth-order valence-electron chi connectivity index (χ4n) is 6.40. The van der Waals surface area contributed by atoms with Crippen molar-refractivity contribution in [3.8, 4) is 0 Å². The Labute approximate surface area is 249 Å². The number of aryl methyl sites for hydroxylation is 1. The predicted molar refractivity (Wildman–Crippen MR) is 169 cm³/mol. The van der Waals surface area contributed by atoms with Crippen LogP contribution in [0.15, 0.2) is 95.9 Å². The Kier molecular flexibility index (Phi) is 8.58. The number of piperidine rings is 1. The van der Waals surface area contributed by atoms with Gasteiger partial charge in [0.25, 0.3) is 10.0 Å². The van der Waals surface area contributed by atoms with Crippen LogP contribution in [0.25, 0.3) is 10.8 Å². The minimum Gasteiger partial charge on any atom is -0.349 e. The van der Waals surface area contributed by atoms with Crippen molar-refractivity contribution in [2.24, 2.45) is 0 Å². The number of rotatable bonds is 9. The second-order valence-electron chi connectivity index (χ2n) is 11.6. The van der Waals surface area contributed by atoms with Crippen molar-refractivity contribution in [3.05, 3.63) is 108 Å². The van der Waals surface area contributed by atoms with Gasteiger partial charge in [-0.2, -0.15) is 0 Å². The number of carbonyl (C=O) groups is 1. The molecule has 0 radical (unpaired) electrons. The normalized spacial score (nSPS) is 17.5. The highest BCUT2D eigenvalue weighted by atomic mass is 32.2. The molecule has 1 aliphatic carbocycles. The third-order valence-electron chi connectivity index (χ3n) is 8.61. The molecule has 1 fully saturated rings. The van der Waals surface area contributed by atoms with Crippen molar-refractivity contribution in [3.63, 3.8) is 0 Å². The lowest BCUT2D eigenvalue weighted by molar-refractivity contribution is -0.121. The summed E-state index contributed by atoms with van der Waals surface area (Å²) in [5.41, 5.74) is 4.41. The lowest BCUT2D eigenvalue weighted by Crippen LogP contribution is -2.37. The first-order chi connectivity index (χ1) is 20.5. The van der Waals surface area contributed by atoms with E-state index in [1.807, 2.05) is 48.5 Å². The predicted octanol–water partition coefficient (Wildman–Crippen LogP) is 6.60. The number of fused-ring (bicyclic) bond motifs is 2. The average molecular weight is 582 g/mol. The highest BCUT2D eigenvalue weighted by molar-refractivity contribution is 7.92. The zero-order chi connectivity index (χ0) is 28.9. The number of nitrogens with zero attached hydrogens (tertiary/aromatic N) is 2. The molecule has 0 bridgehead atoms. The first-order valence-corrected chi connectivity index (χ1v) is 16.6. The molecule has 1 atom stereocenters. The van der Waals surface area contributed by atoms with E-state index in [2.05, 4.69) is 28.4 Å². The molecule has 1 saturated heterocycles. The van der Waals surface area contributed by atoms with Gasteiger partial charge in [0.2, 0.25) is 5.91 Å². The van der Waals surface area contributed by atoms with Crippen molar-refractivity contribution in [1.29, 1.82) is 0 Å². The van der Waals surface area contributed by atoms with Gasteiger partial charge in [-0.1, -0.05) is 73.2 Å². The Morgan fingerprint density at radius 3 is 2.40 bits per heavy atom. The van der Waals surface area contributed by atoms with Crippen molar-refractivity contribution in [1.82, 2.24) is 10.2 Å². The molecule has 0 saturated carbocycles. The first-order valence-electron chi connectivity index (χ1n) is 15.2. The van der Waals surface area contributed by atoms with E-state index in [-0.39, 0.29) is 29.8 Å². The van der Waals surface area contributed by atoms with Gasteiger partial charge in [0.05, 0.1) is 16.6 Å². The van der Waals surface area contributed by atoms with Crippen molar-refractivity contribution >= 4 is 32.4 Å². The van der Waals surface area contributed by atoms with E-state index in [0.717, 1.165) is 36.6 Å². The summed E-state index contributed by atoms with van der Waals surface area (Å²) in [5, 5.41) is 5.07. The van der Waals surface area contributed by atoms with Gasteiger partial charge in [0, 0.05) is 19.5 Å². The number of benzene rings is 4. The van der Waals surface area contributed by atoms with Gasteiger partial charge in [-0.3, -0.25) is 14.0 Å². The summed E-state index contributed by atoms with van der Waals surface area (Å²) >= 11 is 0. The number of nitrogens with one attached hydrogen (secondary N) is 1. The highest BCUT2D eigenvalue weighted by Crippen LogP contribution is 2.32. The molecule has 218 valence electrons. The number of anilines is 1. The maximum atomic E-state index is 13.9. The maximum Gasteiger partial charge on any atom is 0.264 e. The molecule has 1 heterocycles. The summed E-state index contributed by atoms with van der Waals surface area (Å²) in [6, 6.07) is 28.6. The summed E-state index contributed by atoms with van der Waals surface area (Å²) < 4.78 is 29.2. The van der Waals surface area contributed by atoms with E-state index < -0.39 is 10.0 Å². The minimum absolute atomic E-state index is 0.0486. The Morgan fingerprint density at radius 1 is 0.833 bits per heavy atom. The zero-order valence-corrected chi connectivity index (χ0v) is 24.9. The molecule has 1 amide bonds. The number of sulfonamides is 1. The summed E-state index contributed by atoms with van der Waals surface area (Å²) in [5.74, 6) is -0.139. The molecule has 4 aromatic carbocycles. The van der Waals surface area contributed by atoms with Crippen LogP contribution in [0, 0.1) is 0 Å². The SMILES string of the molecule is O=C(CCN(c1ccccc1)S(=O)(=O)c1ccc2ccccc2c1)N[C@@H]1CCCc2cc(CN3CCCCC3)ccc21. The number of likely N-dealkylation sites (tertiary alicyclic amines) is 1. The third-order valence-corrected chi connectivity index (χ3v) is 10.4. The van der Waals surface area contributed by atoms with Crippen LogP contribution in [0.1, 0.15) is 61.3 Å². The molecule has 7 heteroatoms. The van der Waals surface area contributed by atoms with Crippen molar-refractivity contribution in [2.75, 3.05) is 23.9 Å². The number of carbonyl (C=O) groups excluding carboxylic acids is 1. The Morgan fingerprint density at radius 2 is 1.60 bits per heavy atom. The van der Waals surface area contributed by atoms with Crippen LogP contribution in [0.3, 0.4) is 0 Å². The second kappa shape index (κ2) is 12.7. The molecule has 2 aliphatic rings. The molecule has 6 rings (SSSR count).